The molecular weight excluding hydrogens is 569 g/mol. The van der Waals surface area contributed by atoms with Crippen LogP contribution in [0.15, 0.2) is 41.3 Å². The second-order valence-corrected chi connectivity index (χ2v) is 12.1. The highest BCUT2D eigenvalue weighted by molar-refractivity contribution is 7.89. The van der Waals surface area contributed by atoms with Crippen LogP contribution >= 0.6 is 11.3 Å². The fourth-order valence-corrected chi connectivity index (χ4v) is 7.13. The Balaban J connectivity index is 1.42. The molecule has 3 aromatic rings. The summed E-state index contributed by atoms with van der Waals surface area (Å²) in [6.45, 7) is 3.79. The molecular formula is C26H29F3N4O5S2. The molecule has 14 heteroatoms. The van der Waals surface area contributed by atoms with Gasteiger partial charge in [0.1, 0.15) is 11.3 Å². The van der Waals surface area contributed by atoms with E-state index in [9.17, 15) is 31.2 Å². The van der Waals surface area contributed by atoms with Crippen LogP contribution in [0.1, 0.15) is 45.1 Å². The van der Waals surface area contributed by atoms with E-state index in [0.29, 0.717) is 65.1 Å². The van der Waals surface area contributed by atoms with Crippen molar-refractivity contribution in [1.29, 1.82) is 0 Å². The zero-order chi connectivity index (χ0) is 29.2. The lowest BCUT2D eigenvalue weighted by atomic mass is 9.86. The van der Waals surface area contributed by atoms with Crippen LogP contribution in [0.3, 0.4) is 0 Å². The topological polar surface area (TPSA) is 118 Å². The van der Waals surface area contributed by atoms with E-state index in [1.807, 2.05) is 6.92 Å². The molecule has 1 saturated carbocycles. The van der Waals surface area contributed by atoms with E-state index in [0.717, 1.165) is 18.2 Å². The van der Waals surface area contributed by atoms with E-state index < -0.39 is 38.6 Å². The number of halogens is 3. The van der Waals surface area contributed by atoms with E-state index in [-0.39, 0.29) is 11.8 Å². The molecule has 9 nitrogen and oxygen atoms in total. The molecule has 1 heterocycles. The summed E-state index contributed by atoms with van der Waals surface area (Å²) in [5.41, 5.74) is 0.143. The quantitative estimate of drug-likeness (QED) is 0.369. The van der Waals surface area contributed by atoms with Crippen molar-refractivity contribution in [2.75, 3.05) is 23.9 Å². The number of aromatic nitrogens is 1. The van der Waals surface area contributed by atoms with Crippen molar-refractivity contribution in [2.24, 2.45) is 5.92 Å². The summed E-state index contributed by atoms with van der Waals surface area (Å²) in [6, 6.07) is 6.58. The molecule has 0 radical (unpaired) electrons. The predicted molar refractivity (Wildman–Crippen MR) is 146 cm³/mol. The molecule has 0 aliphatic heterocycles. The molecule has 4 rings (SSSR count). The maximum atomic E-state index is 13.0. The van der Waals surface area contributed by atoms with Gasteiger partial charge in [0.15, 0.2) is 5.13 Å². The van der Waals surface area contributed by atoms with Gasteiger partial charge in [-0.25, -0.2) is 18.1 Å². The van der Waals surface area contributed by atoms with E-state index >= 15 is 0 Å². The standard InChI is InChI=1S/C26H29F3N4O5S2/c1-4-33(15(2)34)20-12-13-21(38-3)22-23(20)39-25(30-22)31-24(35)16-8-10-18(11-9-16)32-40(36,37)19-7-5-6-17(14-19)26(27,28)29/h5-7,12-14,16,18,32H,4,8-11H2,1-3H3,(H,30,31,35). The molecule has 1 fully saturated rings. The first-order valence-corrected chi connectivity index (χ1v) is 14.9. The van der Waals surface area contributed by atoms with Gasteiger partial charge < -0.3 is 15.0 Å². The van der Waals surface area contributed by atoms with Crippen LogP contribution in [0.4, 0.5) is 24.0 Å². The number of carbonyl (C=O) groups excluding carboxylic acids is 2. The van der Waals surface area contributed by atoms with Gasteiger partial charge >= 0.3 is 6.18 Å². The molecule has 0 unspecified atom stereocenters. The van der Waals surface area contributed by atoms with Gasteiger partial charge in [-0.05, 0) is 62.9 Å². The summed E-state index contributed by atoms with van der Waals surface area (Å²) in [5, 5.41) is 3.18. The number of hydrogen-bond acceptors (Lipinski definition) is 7. The Labute approximate surface area is 233 Å². The number of rotatable bonds is 8. The number of sulfonamides is 1. The molecule has 40 heavy (non-hydrogen) atoms. The van der Waals surface area contributed by atoms with Crippen molar-refractivity contribution < 1.29 is 35.9 Å². The number of nitrogens with zero attached hydrogens (tertiary/aromatic N) is 2. The minimum absolute atomic E-state index is 0.131. The Bertz CT molecular complexity index is 1520. The average Bonchev–Trinajstić information content (AvgIpc) is 3.32. The van der Waals surface area contributed by atoms with Crippen LogP contribution in [-0.4, -0.2) is 44.9 Å². The maximum Gasteiger partial charge on any atom is 0.416 e. The number of hydrogen-bond donors (Lipinski definition) is 2. The van der Waals surface area contributed by atoms with E-state index in [1.165, 1.54) is 25.4 Å². The number of fused-ring (bicyclic) bond motifs is 1. The highest BCUT2D eigenvalue weighted by Gasteiger charge is 2.33. The smallest absolute Gasteiger partial charge is 0.416 e. The van der Waals surface area contributed by atoms with Gasteiger partial charge in [0.25, 0.3) is 0 Å². The highest BCUT2D eigenvalue weighted by atomic mass is 32.2. The van der Waals surface area contributed by atoms with Crippen LogP contribution in [-0.2, 0) is 25.8 Å². The van der Waals surface area contributed by atoms with Gasteiger partial charge in [-0.1, -0.05) is 17.4 Å². The number of thiazole rings is 1. The Kier molecular flexibility index (Phi) is 8.71. The Morgan fingerprint density at radius 2 is 1.85 bits per heavy atom. The van der Waals surface area contributed by atoms with E-state index in [1.54, 1.807) is 17.0 Å². The molecule has 0 bridgehead atoms. The number of anilines is 2. The van der Waals surface area contributed by atoms with Gasteiger partial charge in [-0.2, -0.15) is 13.2 Å². The number of ether oxygens (including phenoxy) is 1. The number of alkyl halides is 3. The van der Waals surface area contributed by atoms with Gasteiger partial charge in [-0.15, -0.1) is 0 Å². The van der Waals surface area contributed by atoms with Gasteiger partial charge in [0, 0.05) is 25.4 Å². The minimum atomic E-state index is -4.66. The van der Waals surface area contributed by atoms with Crippen LogP contribution in [0.2, 0.25) is 0 Å². The zero-order valence-corrected chi connectivity index (χ0v) is 23.7. The lowest BCUT2D eigenvalue weighted by Crippen LogP contribution is -2.39. The molecule has 2 amide bonds. The predicted octanol–water partition coefficient (Wildman–Crippen LogP) is 5.17. The SMILES string of the molecule is CCN(C(C)=O)c1ccc(OC)c2nc(NC(=O)C3CCC(NS(=O)(=O)c4cccc(C(F)(F)F)c4)CC3)sc12. The second kappa shape index (κ2) is 11.7. The summed E-state index contributed by atoms with van der Waals surface area (Å²) in [4.78, 5) is 30.8. The van der Waals surface area contributed by atoms with Crippen LogP contribution in [0.5, 0.6) is 5.75 Å². The van der Waals surface area contributed by atoms with Crippen molar-refractivity contribution in [3.05, 3.63) is 42.0 Å². The van der Waals surface area contributed by atoms with Crippen LogP contribution < -0.4 is 19.7 Å². The summed E-state index contributed by atoms with van der Waals surface area (Å²) < 4.78 is 73.1. The molecule has 0 atom stereocenters. The maximum absolute atomic E-state index is 13.0. The highest BCUT2D eigenvalue weighted by Crippen LogP contribution is 2.40. The summed E-state index contributed by atoms with van der Waals surface area (Å²) in [6.07, 6.45) is -3.20. The Morgan fingerprint density at radius 1 is 1.15 bits per heavy atom. The molecule has 0 spiro atoms. The Morgan fingerprint density at radius 3 is 2.45 bits per heavy atom. The molecule has 2 aromatic carbocycles. The zero-order valence-electron chi connectivity index (χ0n) is 22.0. The Hall–Kier alpha value is -3.23. The molecule has 1 aliphatic carbocycles. The van der Waals surface area contributed by atoms with Crippen molar-refractivity contribution >= 4 is 54.2 Å². The monoisotopic (exact) mass is 598 g/mol. The molecule has 2 N–H and O–H groups in total. The normalized spacial score (nSPS) is 17.9. The van der Waals surface area contributed by atoms with Gasteiger partial charge in [0.2, 0.25) is 21.8 Å². The third-order valence-corrected chi connectivity index (χ3v) is 9.33. The number of nitrogens with one attached hydrogen (secondary N) is 2. The largest absolute Gasteiger partial charge is 0.494 e. The number of methoxy groups -OCH3 is 1. The minimum Gasteiger partial charge on any atom is -0.494 e. The number of carbonyl (C=O) groups is 2. The van der Waals surface area contributed by atoms with E-state index in [4.69, 9.17) is 4.74 Å². The first kappa shape index (κ1) is 29.7. The molecule has 1 aliphatic rings. The van der Waals surface area contributed by atoms with Gasteiger partial charge in [0.05, 0.1) is 28.0 Å². The van der Waals surface area contributed by atoms with Crippen molar-refractivity contribution in [3.63, 3.8) is 0 Å². The number of benzene rings is 2. The lowest BCUT2D eigenvalue weighted by molar-refractivity contribution is -0.137. The third-order valence-electron chi connectivity index (χ3n) is 6.81. The number of amides is 2. The fourth-order valence-electron chi connectivity index (χ4n) is 4.77. The van der Waals surface area contributed by atoms with Crippen LogP contribution in [0, 0.1) is 5.92 Å². The summed E-state index contributed by atoms with van der Waals surface area (Å²) >= 11 is 1.23. The molecule has 0 saturated heterocycles. The van der Waals surface area contributed by atoms with E-state index in [2.05, 4.69) is 15.0 Å². The average molecular weight is 599 g/mol. The first-order valence-electron chi connectivity index (χ1n) is 12.6. The van der Waals surface area contributed by atoms with Crippen molar-refractivity contribution in [3.8, 4) is 5.75 Å². The van der Waals surface area contributed by atoms with Crippen molar-refractivity contribution in [2.45, 2.75) is 56.6 Å². The summed E-state index contributed by atoms with van der Waals surface area (Å²) in [7, 11) is -2.66. The molecule has 216 valence electrons. The van der Waals surface area contributed by atoms with Crippen molar-refractivity contribution in [1.82, 2.24) is 9.71 Å². The fraction of sp³-hybridized carbons (Fsp3) is 0.423. The third kappa shape index (κ3) is 6.39. The first-order chi connectivity index (χ1) is 18.8. The van der Waals surface area contributed by atoms with Crippen LogP contribution in [0.25, 0.3) is 10.2 Å². The summed E-state index contributed by atoms with van der Waals surface area (Å²) in [5.74, 6) is -0.290. The second-order valence-electron chi connectivity index (χ2n) is 9.43. The van der Waals surface area contributed by atoms with Gasteiger partial charge in [-0.3, -0.25) is 9.59 Å². The lowest BCUT2D eigenvalue weighted by Gasteiger charge is -2.28. The molecule has 1 aromatic heterocycles.